The second kappa shape index (κ2) is 9.84. The van der Waals surface area contributed by atoms with E-state index >= 15 is 0 Å². The van der Waals surface area contributed by atoms with Gasteiger partial charge in [0.05, 0.1) is 35.0 Å². The van der Waals surface area contributed by atoms with Crippen LogP contribution in [0.25, 0.3) is 0 Å². The van der Waals surface area contributed by atoms with Gasteiger partial charge in [0, 0.05) is 17.7 Å². The first kappa shape index (κ1) is 20.7. The van der Waals surface area contributed by atoms with Gasteiger partial charge in [-0.25, -0.2) is 0 Å². The average molecular weight is 361 g/mol. The number of hydrogen-bond donors (Lipinski definition) is 1. The number of non-ortho nitro benzene ring substituents is 2. The first-order valence-electron chi connectivity index (χ1n) is 7.85. The molecule has 1 N–H and O–H groups in total. The van der Waals surface area contributed by atoms with Crippen LogP contribution >= 0.6 is 0 Å². The number of nitro benzene ring substituents is 2. The van der Waals surface area contributed by atoms with Crippen molar-refractivity contribution in [2.75, 3.05) is 13.1 Å². The first-order valence-corrected chi connectivity index (χ1v) is 7.85. The van der Waals surface area contributed by atoms with E-state index in [0.717, 1.165) is 0 Å². The lowest BCUT2D eigenvalue weighted by molar-refractivity contribution is -0.828. The Balaban J connectivity index is 0.000000273. The van der Waals surface area contributed by atoms with Gasteiger partial charge in [0.15, 0.2) is 0 Å². The zero-order chi connectivity index (χ0) is 19.7. The van der Waals surface area contributed by atoms with Crippen molar-refractivity contribution >= 4 is 23.0 Å². The van der Waals surface area contributed by atoms with Gasteiger partial charge in [-0.3, -0.25) is 20.2 Å². The maximum atomic E-state index is 10.4. The minimum Gasteiger partial charge on any atom is -0.545 e. The summed E-state index contributed by atoms with van der Waals surface area (Å²) in [7, 11) is 0. The number of para-hydroxylation sites is 1. The topological polar surface area (TPSA) is 131 Å². The van der Waals surface area contributed by atoms with Crippen molar-refractivity contribution in [3.05, 3.63) is 74.3 Å². The highest BCUT2D eigenvalue weighted by Gasteiger charge is 2.16. The Kier molecular flexibility index (Phi) is 7.84. The van der Waals surface area contributed by atoms with Crippen LogP contribution in [-0.2, 0) is 0 Å². The van der Waals surface area contributed by atoms with Crippen LogP contribution in [0.15, 0.2) is 48.5 Å². The lowest BCUT2D eigenvalue weighted by Crippen LogP contribution is -3.06. The molecule has 0 aliphatic rings. The monoisotopic (exact) mass is 361 g/mol. The van der Waals surface area contributed by atoms with E-state index in [2.05, 4.69) is 44.2 Å². The quantitative estimate of drug-likeness (QED) is 0.606. The fraction of sp³-hybridized carbons (Fsp3) is 0.235. The molecule has 2 aromatic rings. The molecule has 0 unspecified atom stereocenters. The molecule has 2 aromatic carbocycles. The molecule has 0 heterocycles. The van der Waals surface area contributed by atoms with E-state index in [1.165, 1.54) is 18.8 Å². The predicted octanol–water partition coefficient (Wildman–Crippen LogP) is 1.11. The standard InChI is InChI=1S/C10H15N.C7H4N2O6/c1-3-11(4-2)10-8-6-5-7-9-10;10-7(11)4-1-5(8(12)13)3-6(2-4)9(14)15/h5-9H,3-4H2,1-2H3;1-3H,(H,10,11). The summed E-state index contributed by atoms with van der Waals surface area (Å²) >= 11 is 0. The summed E-state index contributed by atoms with van der Waals surface area (Å²) in [4.78, 5) is 30.7. The number of nitrogens with zero attached hydrogens (tertiary/aromatic N) is 2. The van der Waals surface area contributed by atoms with E-state index < -0.39 is 32.8 Å². The number of aromatic carboxylic acids is 1. The van der Waals surface area contributed by atoms with Crippen molar-refractivity contribution < 1.29 is 24.6 Å². The summed E-state index contributed by atoms with van der Waals surface area (Å²) in [6.07, 6.45) is 0. The summed E-state index contributed by atoms with van der Waals surface area (Å²) in [5.41, 5.74) is -0.528. The molecule has 138 valence electrons. The van der Waals surface area contributed by atoms with E-state index in [0.29, 0.717) is 18.2 Å². The molecule has 0 fully saturated rings. The van der Waals surface area contributed by atoms with Gasteiger partial charge in [-0.15, -0.1) is 0 Å². The van der Waals surface area contributed by atoms with Gasteiger partial charge in [0.2, 0.25) is 0 Å². The van der Waals surface area contributed by atoms with Crippen molar-refractivity contribution in [1.29, 1.82) is 0 Å². The van der Waals surface area contributed by atoms with E-state index in [4.69, 9.17) is 0 Å². The smallest absolute Gasteiger partial charge is 0.276 e. The highest BCUT2D eigenvalue weighted by Crippen LogP contribution is 2.22. The van der Waals surface area contributed by atoms with Crippen molar-refractivity contribution in [2.24, 2.45) is 0 Å². The zero-order valence-corrected chi connectivity index (χ0v) is 14.4. The Labute approximate surface area is 149 Å². The largest absolute Gasteiger partial charge is 0.545 e. The highest BCUT2D eigenvalue weighted by molar-refractivity contribution is 5.87. The molecule has 2 rings (SSSR count). The Morgan fingerprint density at radius 3 is 1.73 bits per heavy atom. The molecule has 0 atom stereocenters. The molecule has 0 aromatic heterocycles. The molecule has 9 heteroatoms. The number of carboxylic acids is 1. The molecule has 0 amide bonds. The third kappa shape index (κ3) is 5.95. The molecule has 0 radical (unpaired) electrons. The van der Waals surface area contributed by atoms with Crippen molar-refractivity contribution in [1.82, 2.24) is 0 Å². The fourth-order valence-electron chi connectivity index (χ4n) is 2.26. The predicted molar refractivity (Wildman–Crippen MR) is 92.2 cm³/mol. The number of benzene rings is 2. The first-order chi connectivity index (χ1) is 12.3. The number of carboxylic acid groups (broad SMARTS) is 1. The molecule has 0 saturated carbocycles. The Hall–Kier alpha value is -3.33. The van der Waals surface area contributed by atoms with Crippen LogP contribution in [0.4, 0.5) is 17.1 Å². The van der Waals surface area contributed by atoms with E-state index in [1.54, 1.807) is 4.90 Å². The molecule has 0 bridgehead atoms. The minimum absolute atomic E-state index is 0.601. The number of carbonyl (C=O) groups excluding carboxylic acids is 1. The molecular formula is C17H19N3O6. The highest BCUT2D eigenvalue weighted by atomic mass is 16.6. The van der Waals surface area contributed by atoms with Gasteiger partial charge in [0.25, 0.3) is 11.4 Å². The number of hydrogen-bond acceptors (Lipinski definition) is 6. The lowest BCUT2D eigenvalue weighted by atomic mass is 10.2. The Bertz CT molecular complexity index is 696. The molecule has 0 spiro atoms. The normalized spacial score (nSPS) is 9.96. The van der Waals surface area contributed by atoms with Gasteiger partial charge in [-0.1, -0.05) is 18.2 Å². The van der Waals surface area contributed by atoms with Gasteiger partial charge in [-0.2, -0.15) is 0 Å². The molecule has 26 heavy (non-hydrogen) atoms. The van der Waals surface area contributed by atoms with Crippen LogP contribution < -0.4 is 10.0 Å². The second-order valence-corrected chi connectivity index (χ2v) is 5.22. The van der Waals surface area contributed by atoms with E-state index in [1.807, 2.05) is 0 Å². The van der Waals surface area contributed by atoms with Crippen molar-refractivity contribution in [2.45, 2.75) is 13.8 Å². The zero-order valence-electron chi connectivity index (χ0n) is 14.4. The average Bonchev–Trinajstić information content (AvgIpc) is 2.63. The molecule has 0 saturated heterocycles. The van der Waals surface area contributed by atoms with E-state index in [-0.39, 0.29) is 0 Å². The Morgan fingerprint density at radius 1 is 0.923 bits per heavy atom. The third-order valence-electron chi connectivity index (χ3n) is 3.60. The van der Waals surface area contributed by atoms with Crippen LogP contribution in [0.3, 0.4) is 0 Å². The molecule has 9 nitrogen and oxygen atoms in total. The Morgan fingerprint density at radius 2 is 1.38 bits per heavy atom. The van der Waals surface area contributed by atoms with Crippen LogP contribution in [0, 0.1) is 20.2 Å². The van der Waals surface area contributed by atoms with Crippen LogP contribution in [0.2, 0.25) is 0 Å². The molecule has 0 aliphatic carbocycles. The second-order valence-electron chi connectivity index (χ2n) is 5.22. The summed E-state index contributed by atoms with van der Waals surface area (Å²) < 4.78 is 0. The number of rotatable bonds is 6. The molecule has 0 aliphatic heterocycles. The number of nitro groups is 2. The van der Waals surface area contributed by atoms with E-state index in [9.17, 15) is 30.1 Å². The number of quaternary nitrogens is 1. The number of carbonyl (C=O) groups is 1. The van der Waals surface area contributed by atoms with Gasteiger partial charge in [0.1, 0.15) is 5.69 Å². The lowest BCUT2D eigenvalue weighted by Gasteiger charge is -2.13. The van der Waals surface area contributed by atoms with Crippen molar-refractivity contribution in [3.63, 3.8) is 0 Å². The summed E-state index contributed by atoms with van der Waals surface area (Å²) in [6.45, 7) is 6.76. The molecular weight excluding hydrogens is 342 g/mol. The summed E-state index contributed by atoms with van der Waals surface area (Å²) in [6, 6.07) is 12.7. The minimum atomic E-state index is -1.71. The van der Waals surface area contributed by atoms with Gasteiger partial charge in [-0.05, 0) is 26.0 Å². The fourth-order valence-corrected chi connectivity index (χ4v) is 2.26. The number of nitrogens with one attached hydrogen (secondary N) is 1. The maximum Gasteiger partial charge on any atom is 0.276 e. The van der Waals surface area contributed by atoms with Crippen LogP contribution in [0.5, 0.6) is 0 Å². The maximum absolute atomic E-state index is 10.4. The summed E-state index contributed by atoms with van der Waals surface area (Å²) in [5.74, 6) is -1.71. The van der Waals surface area contributed by atoms with Crippen LogP contribution in [0.1, 0.15) is 24.2 Å². The third-order valence-corrected chi connectivity index (χ3v) is 3.60. The van der Waals surface area contributed by atoms with Gasteiger partial charge < -0.3 is 14.8 Å². The SMILES string of the molecule is CC[NH+](CC)c1ccccc1.O=C([O-])c1cc([N+](=O)[O-])cc([N+](=O)[O-])c1. The van der Waals surface area contributed by atoms with Gasteiger partial charge >= 0.3 is 0 Å². The van der Waals surface area contributed by atoms with Crippen molar-refractivity contribution in [3.8, 4) is 0 Å². The van der Waals surface area contributed by atoms with Crippen LogP contribution in [-0.4, -0.2) is 28.9 Å². The summed E-state index contributed by atoms with van der Waals surface area (Å²) in [5, 5.41) is 31.0.